The third-order valence-electron chi connectivity index (χ3n) is 4.43. The fraction of sp³-hybridized carbons (Fsp3) is 0.294. The molecule has 3 rings (SSSR count). The highest BCUT2D eigenvalue weighted by atomic mass is 32.1. The van der Waals surface area contributed by atoms with Crippen LogP contribution in [-0.2, 0) is 4.79 Å². The first kappa shape index (κ1) is 18.8. The van der Waals surface area contributed by atoms with Gasteiger partial charge in [0.2, 0.25) is 5.91 Å². The predicted octanol–water partition coefficient (Wildman–Crippen LogP) is 1.42. The van der Waals surface area contributed by atoms with E-state index >= 15 is 0 Å². The highest BCUT2D eigenvalue weighted by Crippen LogP contribution is 2.28. The number of benzene rings is 1. The molecule has 1 heterocycles. The van der Waals surface area contributed by atoms with E-state index in [2.05, 4.69) is 15.6 Å². The van der Waals surface area contributed by atoms with Crippen molar-refractivity contribution in [3.05, 3.63) is 40.2 Å². The van der Waals surface area contributed by atoms with Crippen molar-refractivity contribution in [2.75, 3.05) is 11.1 Å². The Hall–Kier alpha value is -3.01. The summed E-state index contributed by atoms with van der Waals surface area (Å²) in [5.41, 5.74) is 11.3. The topological polar surface area (TPSA) is 140 Å². The maximum Gasteiger partial charge on any atom is 0.267 e. The van der Waals surface area contributed by atoms with Crippen LogP contribution in [0.25, 0.3) is 0 Å². The van der Waals surface area contributed by atoms with Crippen LogP contribution in [0.4, 0.5) is 15.2 Å². The quantitative estimate of drug-likeness (QED) is 0.610. The van der Waals surface area contributed by atoms with Crippen molar-refractivity contribution >= 4 is 39.9 Å². The normalized spacial score (nSPS) is 18.4. The van der Waals surface area contributed by atoms with Crippen molar-refractivity contribution < 1.29 is 18.8 Å². The Morgan fingerprint density at radius 2 is 1.96 bits per heavy atom. The van der Waals surface area contributed by atoms with E-state index in [1.54, 1.807) is 6.92 Å². The van der Waals surface area contributed by atoms with Crippen LogP contribution in [0, 0.1) is 18.7 Å². The van der Waals surface area contributed by atoms with E-state index in [0.717, 1.165) is 11.3 Å². The summed E-state index contributed by atoms with van der Waals surface area (Å²) in [6.45, 7) is 1.62. The van der Waals surface area contributed by atoms with Crippen molar-refractivity contribution in [2.45, 2.75) is 25.8 Å². The van der Waals surface area contributed by atoms with Crippen molar-refractivity contribution in [1.82, 2.24) is 10.3 Å². The van der Waals surface area contributed by atoms with Gasteiger partial charge in [0, 0.05) is 17.6 Å². The molecule has 2 aromatic rings. The van der Waals surface area contributed by atoms with Gasteiger partial charge in [-0.25, -0.2) is 9.37 Å². The maximum absolute atomic E-state index is 14.2. The lowest BCUT2D eigenvalue weighted by molar-refractivity contribution is -0.124. The van der Waals surface area contributed by atoms with Gasteiger partial charge in [-0.05, 0) is 37.5 Å². The number of aryl methyl sites for hydroxylation is 1. The third kappa shape index (κ3) is 4.05. The molecule has 1 saturated carbocycles. The lowest BCUT2D eigenvalue weighted by Crippen LogP contribution is -2.48. The van der Waals surface area contributed by atoms with Crippen LogP contribution in [0.1, 0.15) is 38.4 Å². The average molecular weight is 391 g/mol. The lowest BCUT2D eigenvalue weighted by Gasteiger charge is -2.33. The number of aromatic nitrogens is 1. The second kappa shape index (κ2) is 7.31. The number of amides is 3. The molecule has 0 bridgehead atoms. The zero-order chi connectivity index (χ0) is 19.7. The van der Waals surface area contributed by atoms with Gasteiger partial charge in [0.15, 0.2) is 5.13 Å². The number of carbonyl (C=O) groups is 3. The molecule has 1 aromatic heterocycles. The zero-order valence-corrected chi connectivity index (χ0v) is 15.2. The summed E-state index contributed by atoms with van der Waals surface area (Å²) in [5.74, 6) is -2.43. The number of hydrogen-bond acceptors (Lipinski definition) is 6. The van der Waals surface area contributed by atoms with Crippen LogP contribution in [0.15, 0.2) is 18.3 Å². The Morgan fingerprint density at radius 3 is 2.56 bits per heavy atom. The number of carbonyl (C=O) groups excluding carboxylic acids is 3. The minimum absolute atomic E-state index is 0.192. The molecule has 0 aliphatic heterocycles. The minimum Gasteiger partial charge on any atom is -0.375 e. The van der Waals surface area contributed by atoms with Gasteiger partial charge in [-0.2, -0.15) is 0 Å². The largest absolute Gasteiger partial charge is 0.375 e. The van der Waals surface area contributed by atoms with Crippen LogP contribution in [0.3, 0.4) is 0 Å². The van der Waals surface area contributed by atoms with Crippen LogP contribution in [0.5, 0.6) is 0 Å². The number of thiazole rings is 1. The number of nitrogens with zero attached hydrogens (tertiary/aromatic N) is 1. The molecule has 1 aliphatic carbocycles. The Kier molecular flexibility index (Phi) is 5.08. The average Bonchev–Trinajstić information content (AvgIpc) is 2.99. The summed E-state index contributed by atoms with van der Waals surface area (Å²) in [6.07, 6.45) is 2.21. The number of nitrogens with one attached hydrogen (secondary N) is 2. The fourth-order valence-electron chi connectivity index (χ4n) is 2.79. The fourth-order valence-corrected chi connectivity index (χ4v) is 3.37. The molecule has 0 spiro atoms. The smallest absolute Gasteiger partial charge is 0.267 e. The molecule has 10 heteroatoms. The van der Waals surface area contributed by atoms with Gasteiger partial charge in [-0.3, -0.25) is 14.4 Å². The summed E-state index contributed by atoms with van der Waals surface area (Å²) < 4.78 is 14.2. The van der Waals surface area contributed by atoms with Gasteiger partial charge in [-0.1, -0.05) is 11.3 Å². The second-order valence-electron chi connectivity index (χ2n) is 6.40. The van der Waals surface area contributed by atoms with Crippen molar-refractivity contribution in [3.63, 3.8) is 0 Å². The number of hydrogen-bond donors (Lipinski definition) is 4. The molecule has 8 nitrogen and oxygen atoms in total. The van der Waals surface area contributed by atoms with Crippen LogP contribution in [-0.4, -0.2) is 28.7 Å². The Balaban J connectivity index is 1.72. The Bertz CT molecular complexity index is 923. The van der Waals surface area contributed by atoms with E-state index in [1.165, 1.54) is 18.3 Å². The Labute approximate surface area is 158 Å². The van der Waals surface area contributed by atoms with Gasteiger partial charge in [0.1, 0.15) is 10.7 Å². The van der Waals surface area contributed by atoms with Crippen LogP contribution in [0.2, 0.25) is 0 Å². The van der Waals surface area contributed by atoms with E-state index < -0.39 is 23.5 Å². The Morgan fingerprint density at radius 1 is 1.26 bits per heavy atom. The first-order valence-corrected chi connectivity index (χ1v) is 8.99. The van der Waals surface area contributed by atoms with Gasteiger partial charge < -0.3 is 22.1 Å². The van der Waals surface area contributed by atoms with Crippen LogP contribution < -0.4 is 22.1 Å². The molecule has 0 unspecified atom stereocenters. The highest BCUT2D eigenvalue weighted by Gasteiger charge is 2.34. The molecular formula is C17H18FN5O3S. The van der Waals surface area contributed by atoms with E-state index in [-0.39, 0.29) is 22.7 Å². The summed E-state index contributed by atoms with van der Waals surface area (Å²) in [6, 6.07) is 2.24. The SMILES string of the molecule is Cc1cc(F)c(C(=O)NC2CC(C(N)=O)C2)cc1NC(=O)c1cnc(N)s1. The molecule has 6 N–H and O–H groups in total. The third-order valence-corrected chi connectivity index (χ3v) is 5.26. The van der Waals surface area contributed by atoms with E-state index in [0.29, 0.717) is 29.0 Å². The minimum atomic E-state index is -0.698. The summed E-state index contributed by atoms with van der Waals surface area (Å²) in [7, 11) is 0. The molecular weight excluding hydrogens is 373 g/mol. The molecule has 0 radical (unpaired) electrons. The number of anilines is 2. The van der Waals surface area contributed by atoms with Crippen molar-refractivity contribution in [1.29, 1.82) is 0 Å². The lowest BCUT2D eigenvalue weighted by atomic mass is 9.79. The molecule has 1 aromatic carbocycles. The van der Waals surface area contributed by atoms with Gasteiger partial charge in [-0.15, -0.1) is 0 Å². The van der Waals surface area contributed by atoms with E-state index in [4.69, 9.17) is 11.5 Å². The molecule has 27 heavy (non-hydrogen) atoms. The van der Waals surface area contributed by atoms with Crippen molar-refractivity contribution in [2.24, 2.45) is 11.7 Å². The molecule has 1 aliphatic rings. The molecule has 142 valence electrons. The van der Waals surface area contributed by atoms with E-state index in [9.17, 15) is 18.8 Å². The first-order valence-electron chi connectivity index (χ1n) is 8.17. The van der Waals surface area contributed by atoms with E-state index in [1.807, 2.05) is 0 Å². The number of halogens is 1. The number of nitrogens with two attached hydrogens (primary N) is 2. The number of primary amides is 1. The monoisotopic (exact) mass is 391 g/mol. The van der Waals surface area contributed by atoms with Gasteiger partial charge in [0.25, 0.3) is 11.8 Å². The molecule has 1 fully saturated rings. The van der Waals surface area contributed by atoms with Gasteiger partial charge in [0.05, 0.1) is 11.8 Å². The second-order valence-corrected chi connectivity index (χ2v) is 7.47. The number of nitrogen functional groups attached to an aromatic ring is 1. The standard InChI is InChI=1S/C17H18FN5O3S/c1-7-2-11(18)10(15(25)22-9-3-8(4-9)14(19)24)5-12(7)23-16(26)13-6-21-17(20)27-13/h2,5-6,8-9H,3-4H2,1H3,(H2,19,24)(H2,20,21)(H,22,25)(H,23,26). The zero-order valence-electron chi connectivity index (χ0n) is 14.4. The maximum atomic E-state index is 14.2. The highest BCUT2D eigenvalue weighted by molar-refractivity contribution is 7.17. The molecule has 0 saturated heterocycles. The van der Waals surface area contributed by atoms with Crippen molar-refractivity contribution in [3.8, 4) is 0 Å². The predicted molar refractivity (Wildman–Crippen MR) is 98.8 cm³/mol. The molecule has 3 amide bonds. The molecule has 0 atom stereocenters. The van der Waals surface area contributed by atoms with Crippen LogP contribution >= 0.6 is 11.3 Å². The first-order chi connectivity index (χ1) is 12.7. The number of rotatable bonds is 5. The summed E-state index contributed by atoms with van der Waals surface area (Å²) >= 11 is 1.02. The summed E-state index contributed by atoms with van der Waals surface area (Å²) in [4.78, 5) is 39.8. The summed E-state index contributed by atoms with van der Waals surface area (Å²) in [5, 5.41) is 5.56. The van der Waals surface area contributed by atoms with Gasteiger partial charge >= 0.3 is 0 Å².